The van der Waals surface area contributed by atoms with E-state index in [1.54, 1.807) is 0 Å². The van der Waals surface area contributed by atoms with Gasteiger partial charge in [0.1, 0.15) is 0 Å². The van der Waals surface area contributed by atoms with Gasteiger partial charge in [-0.25, -0.2) is 0 Å². The van der Waals surface area contributed by atoms with Gasteiger partial charge >= 0.3 is 0 Å². The van der Waals surface area contributed by atoms with Gasteiger partial charge in [-0.1, -0.05) is 0 Å². The number of hydrogen-bond acceptors (Lipinski definition) is 3. The third-order valence-electron chi connectivity index (χ3n) is 0. The zero-order valence-electron chi connectivity index (χ0n) is 6.49. The molecule has 0 aromatic heterocycles. The maximum Gasteiger partial charge on any atom is 0.0689 e. The van der Waals surface area contributed by atoms with Crippen molar-refractivity contribution in [2.75, 3.05) is 0 Å². The maximum absolute atomic E-state index is 8.25. The van der Waals surface area contributed by atoms with E-state index in [1.807, 2.05) is 0 Å². The molecule has 0 atom stereocenters. The van der Waals surface area contributed by atoms with Gasteiger partial charge in [0.2, 0.25) is 0 Å². The van der Waals surface area contributed by atoms with Gasteiger partial charge in [0.15, 0.2) is 0 Å². The minimum Gasteiger partial charge on any atom is -0.412 e. The molecule has 0 radical (unpaired) electrons. The molecule has 18 N–H and O–H groups in total. The van der Waals surface area contributed by atoms with Crippen LogP contribution in [0, 0.1) is 15.3 Å². The van der Waals surface area contributed by atoms with Crippen LogP contribution in [0.5, 0.6) is 0 Å². The van der Waals surface area contributed by atoms with E-state index in [0.717, 1.165) is 0 Å². The Morgan fingerprint density at radius 3 is 0.571 bits per heavy atom. The van der Waals surface area contributed by atoms with Crippen molar-refractivity contribution < 1.29 is 70.9 Å². The average molecular weight is 283 g/mol. The van der Waals surface area contributed by atoms with Gasteiger partial charge in [-0.05, 0) is 0 Å². The van der Waals surface area contributed by atoms with Crippen molar-refractivity contribution in [3.05, 3.63) is 15.3 Å². The summed E-state index contributed by atoms with van der Waals surface area (Å²) in [6.07, 6.45) is 0. The van der Waals surface area contributed by atoms with E-state index in [2.05, 4.69) is 0 Å². The van der Waals surface area contributed by atoms with E-state index in [4.69, 9.17) is 15.3 Å². The van der Waals surface area contributed by atoms with Crippen molar-refractivity contribution >= 4 is 0 Å². The van der Waals surface area contributed by atoms with Crippen LogP contribution >= 0.6 is 0 Å². The second-order valence-electron chi connectivity index (χ2n) is 0.224. The van der Waals surface area contributed by atoms with E-state index >= 15 is 0 Å². The summed E-state index contributed by atoms with van der Waals surface area (Å²) >= 11 is 0. The second-order valence-corrected chi connectivity index (χ2v) is 0.224. The molecule has 13 nitrogen and oxygen atoms in total. The summed E-state index contributed by atoms with van der Waals surface area (Å²) in [6.45, 7) is 0. The summed E-state index contributed by atoms with van der Waals surface area (Å²) in [4.78, 5) is 8.25. The van der Waals surface area contributed by atoms with Crippen molar-refractivity contribution in [2.45, 2.75) is 0 Å². The van der Waals surface area contributed by atoms with E-state index in [9.17, 15) is 0 Å². The maximum atomic E-state index is 8.25. The van der Waals surface area contributed by atoms with Crippen LogP contribution in [0.3, 0.4) is 0 Å². The number of rotatable bonds is 0. The molecule has 0 aromatic carbocycles. The smallest absolute Gasteiger partial charge is 0.0689 e. The van der Waals surface area contributed by atoms with Crippen LogP contribution < -0.4 is 0 Å². The van der Waals surface area contributed by atoms with Crippen molar-refractivity contribution in [1.29, 1.82) is 0 Å². The molecule has 14 heteroatoms. The molecule has 0 spiro atoms. The molecule has 0 fully saturated rings. The van der Waals surface area contributed by atoms with Gasteiger partial charge < -0.3 is 64.6 Å². The molecule has 0 amide bonds. The zero-order chi connectivity index (χ0) is 3.58. The predicted octanol–water partition coefficient (Wildman–Crippen LogP) is -7.66. The number of nitrogens with zero attached hydrogens (tertiary/aromatic N) is 1. The first-order valence-electron chi connectivity index (χ1n) is 0.548. The normalized spacial score (nSPS) is 1.71. The van der Waals surface area contributed by atoms with Crippen molar-refractivity contribution in [3.8, 4) is 0 Å². The first kappa shape index (κ1) is 372. The monoisotopic (exact) mass is 282 g/mol. The Hall–Kier alpha value is -0.666. The molecular weight excluding hydrogens is 265 g/mol. The van der Waals surface area contributed by atoms with Crippen LogP contribution in [0.2, 0.25) is 0 Å². The Morgan fingerprint density at radius 2 is 0.571 bits per heavy atom. The molecular formula is H18NNiO12-. The van der Waals surface area contributed by atoms with Crippen LogP contribution in [-0.4, -0.2) is 54.4 Å². The Morgan fingerprint density at radius 1 is 0.571 bits per heavy atom. The standard InChI is InChI=1S/NO3.Ni.9H2O/c2-1(3)4;;;;;;;;;;/h;;9*1H2/q-1;;;;;;;;;;. The Bertz CT molecular complexity index is 33.3. The van der Waals surface area contributed by atoms with Crippen LogP contribution in [0.1, 0.15) is 0 Å². The average Bonchev–Trinajstić information content (AvgIpc) is 0.811. The fourth-order valence-electron chi connectivity index (χ4n) is 0. The molecule has 106 valence electrons. The molecule has 0 aliphatic heterocycles. The summed E-state index contributed by atoms with van der Waals surface area (Å²) in [5, 5.41) is 14.8. The molecule has 0 bridgehead atoms. The van der Waals surface area contributed by atoms with Gasteiger partial charge in [-0.2, -0.15) is 0 Å². The van der Waals surface area contributed by atoms with Gasteiger partial charge in [-0.15, -0.1) is 0 Å². The van der Waals surface area contributed by atoms with Gasteiger partial charge in [-0.3, -0.25) is 0 Å². The molecule has 0 saturated heterocycles. The van der Waals surface area contributed by atoms with Crippen molar-refractivity contribution in [1.82, 2.24) is 0 Å². The van der Waals surface area contributed by atoms with Gasteiger partial charge in [0.05, 0.1) is 5.09 Å². The summed E-state index contributed by atoms with van der Waals surface area (Å²) in [5.41, 5.74) is 0. The third kappa shape index (κ3) is 2720. The molecule has 0 aliphatic carbocycles. The van der Waals surface area contributed by atoms with Crippen LogP contribution in [0.4, 0.5) is 0 Å². The Kier molecular flexibility index (Phi) is 7740. The van der Waals surface area contributed by atoms with E-state index < -0.39 is 5.09 Å². The fraction of sp³-hybridized carbons (Fsp3) is 0. The minimum atomic E-state index is -1.75. The molecule has 0 rings (SSSR count). The summed E-state index contributed by atoms with van der Waals surface area (Å²) in [6, 6.07) is 0. The third-order valence-corrected chi connectivity index (χ3v) is 0. The predicted molar refractivity (Wildman–Crippen MR) is 42.9 cm³/mol. The first-order chi connectivity index (χ1) is 1.73. The SMILES string of the molecule is O.O.O.O.O.O.O.O.O.O=[N+]([O-])[O-].[Ni]. The van der Waals surface area contributed by atoms with E-state index in [0.29, 0.717) is 0 Å². The Balaban J connectivity index is -0.000000001000. The van der Waals surface area contributed by atoms with Crippen molar-refractivity contribution in [2.24, 2.45) is 0 Å². The van der Waals surface area contributed by atoms with Crippen molar-refractivity contribution in [3.63, 3.8) is 0 Å². The Labute approximate surface area is 87.1 Å². The van der Waals surface area contributed by atoms with Gasteiger partial charge in [0.25, 0.3) is 0 Å². The topological polar surface area (TPSA) is 350 Å². The largest absolute Gasteiger partial charge is 0.412 e. The molecule has 0 heterocycles. The molecule has 0 aliphatic rings. The van der Waals surface area contributed by atoms with Crippen LogP contribution in [0.25, 0.3) is 0 Å². The molecule has 0 unspecified atom stereocenters. The van der Waals surface area contributed by atoms with Crippen LogP contribution in [0.15, 0.2) is 0 Å². The zero-order valence-corrected chi connectivity index (χ0v) is 7.48. The quantitative estimate of drug-likeness (QED) is 0.237. The summed E-state index contributed by atoms with van der Waals surface area (Å²) in [7, 11) is 0. The first-order valence-corrected chi connectivity index (χ1v) is 0.548. The molecule has 0 saturated carbocycles. The van der Waals surface area contributed by atoms with Crippen LogP contribution in [-0.2, 0) is 16.5 Å². The summed E-state index contributed by atoms with van der Waals surface area (Å²) in [5.74, 6) is 0. The van der Waals surface area contributed by atoms with Gasteiger partial charge in [0, 0.05) is 16.5 Å². The molecule has 14 heavy (non-hydrogen) atoms. The second kappa shape index (κ2) is 291. The fourth-order valence-corrected chi connectivity index (χ4v) is 0. The minimum absolute atomic E-state index is 0. The molecule has 0 aromatic rings. The number of hydrogen-bond donors (Lipinski definition) is 0. The summed E-state index contributed by atoms with van der Waals surface area (Å²) < 4.78 is 0. The van der Waals surface area contributed by atoms with E-state index in [-0.39, 0.29) is 65.8 Å². The van der Waals surface area contributed by atoms with E-state index in [1.165, 1.54) is 0 Å².